The second kappa shape index (κ2) is 6.13. The molecule has 0 unspecified atom stereocenters. The summed E-state index contributed by atoms with van der Waals surface area (Å²) >= 11 is 3.07. The highest BCUT2D eigenvalue weighted by molar-refractivity contribution is 9.09. The van der Waals surface area contributed by atoms with Gasteiger partial charge in [0.05, 0.1) is 5.33 Å². The van der Waals surface area contributed by atoms with Crippen LogP contribution >= 0.6 is 15.9 Å². The largest absolute Gasteiger partial charge is 0.299 e. The normalized spacial score (nSPS) is 11.2. The maximum atomic E-state index is 11.4. The molecule has 0 amide bonds. The Morgan fingerprint density at radius 3 is 2.35 bits per heavy atom. The van der Waals surface area contributed by atoms with E-state index in [2.05, 4.69) is 25.4 Å². The second-order valence-electron chi connectivity index (χ2n) is 3.24. The summed E-state index contributed by atoms with van der Waals surface area (Å²) in [6.45, 7) is 2.01. The molecule has 0 atom stereocenters. The Morgan fingerprint density at radius 2 is 1.88 bits per heavy atom. The fraction of sp³-hybridized carbons (Fsp3) is 0.300. The maximum Gasteiger partial charge on any atom is 0.299 e. The van der Waals surface area contributed by atoms with Crippen LogP contribution in [-0.2, 0) is 10.2 Å². The van der Waals surface area contributed by atoms with Gasteiger partial charge in [-0.25, -0.2) is 0 Å². The van der Waals surface area contributed by atoms with Crippen LogP contribution in [0.5, 0.6) is 0 Å². The molecule has 0 aliphatic carbocycles. The van der Waals surface area contributed by atoms with Crippen molar-refractivity contribution in [3.05, 3.63) is 29.8 Å². The highest BCUT2D eigenvalue weighted by atomic mass is 79.9. The predicted molar refractivity (Wildman–Crippen MR) is 70.8 cm³/mol. The summed E-state index contributed by atoms with van der Waals surface area (Å²) in [6, 6.07) is 6.25. The summed E-state index contributed by atoms with van der Waals surface area (Å²) < 4.78 is 27.4. The molecule has 0 aromatic heterocycles. The van der Waals surface area contributed by atoms with Gasteiger partial charge in [0.1, 0.15) is 0 Å². The van der Waals surface area contributed by atoms with Gasteiger partial charge in [0.25, 0.3) is 10.2 Å². The fourth-order valence-electron chi connectivity index (χ4n) is 1.18. The first-order valence-electron chi connectivity index (χ1n) is 4.95. The molecule has 2 N–H and O–H groups in total. The van der Waals surface area contributed by atoms with E-state index in [9.17, 15) is 13.2 Å². The van der Waals surface area contributed by atoms with E-state index in [-0.39, 0.29) is 11.1 Å². The molecule has 7 heteroatoms. The van der Waals surface area contributed by atoms with E-state index in [1.54, 1.807) is 31.2 Å². The van der Waals surface area contributed by atoms with Crippen LogP contribution < -0.4 is 9.44 Å². The topological polar surface area (TPSA) is 75.3 Å². The number of anilines is 1. The van der Waals surface area contributed by atoms with Crippen molar-refractivity contribution in [3.63, 3.8) is 0 Å². The van der Waals surface area contributed by atoms with Gasteiger partial charge in [-0.2, -0.15) is 13.1 Å². The van der Waals surface area contributed by atoms with Gasteiger partial charge >= 0.3 is 0 Å². The molecule has 94 valence electrons. The van der Waals surface area contributed by atoms with E-state index < -0.39 is 10.2 Å². The molecule has 0 saturated heterocycles. The highest BCUT2D eigenvalue weighted by Gasteiger charge is 2.08. The zero-order valence-corrected chi connectivity index (χ0v) is 11.6. The smallest absolute Gasteiger partial charge is 0.293 e. The first kappa shape index (κ1) is 14.1. The van der Waals surface area contributed by atoms with Crippen LogP contribution in [0.2, 0.25) is 0 Å². The van der Waals surface area contributed by atoms with Crippen molar-refractivity contribution in [1.82, 2.24) is 4.72 Å². The Hall–Kier alpha value is -0.920. The number of hydrogen-bond acceptors (Lipinski definition) is 3. The number of hydrogen-bond donors (Lipinski definition) is 2. The molecule has 0 bridgehead atoms. The van der Waals surface area contributed by atoms with Gasteiger partial charge < -0.3 is 0 Å². The molecule has 0 heterocycles. The monoisotopic (exact) mass is 320 g/mol. The molecule has 0 aliphatic heterocycles. The van der Waals surface area contributed by atoms with Crippen LogP contribution in [0.1, 0.15) is 17.3 Å². The van der Waals surface area contributed by atoms with Crippen molar-refractivity contribution in [2.45, 2.75) is 6.92 Å². The van der Waals surface area contributed by atoms with Crippen LogP contribution in [0.25, 0.3) is 0 Å². The number of nitrogens with one attached hydrogen (secondary N) is 2. The third-order valence-corrected chi connectivity index (χ3v) is 3.60. The number of halogens is 1. The van der Waals surface area contributed by atoms with Gasteiger partial charge in [0.2, 0.25) is 0 Å². The molecule has 1 aromatic carbocycles. The van der Waals surface area contributed by atoms with Crippen molar-refractivity contribution in [3.8, 4) is 0 Å². The molecule has 0 aliphatic rings. The van der Waals surface area contributed by atoms with E-state index >= 15 is 0 Å². The molecule has 1 rings (SSSR count). The summed E-state index contributed by atoms with van der Waals surface area (Å²) in [4.78, 5) is 11.3. The zero-order chi connectivity index (χ0) is 12.9. The lowest BCUT2D eigenvalue weighted by atomic mass is 10.1. The van der Waals surface area contributed by atoms with Gasteiger partial charge in [0.15, 0.2) is 5.78 Å². The lowest BCUT2D eigenvalue weighted by molar-refractivity contribution is 0.102. The lowest BCUT2D eigenvalue weighted by Gasteiger charge is -2.08. The SMILES string of the molecule is CCNS(=O)(=O)Nc1ccc(C(=O)CBr)cc1. The molecule has 5 nitrogen and oxygen atoms in total. The Morgan fingerprint density at radius 1 is 1.29 bits per heavy atom. The molecule has 17 heavy (non-hydrogen) atoms. The molecule has 1 aromatic rings. The number of ketones is 1. The van der Waals surface area contributed by atoms with Gasteiger partial charge in [0, 0.05) is 17.8 Å². The van der Waals surface area contributed by atoms with E-state index in [1.165, 1.54) is 0 Å². The van der Waals surface area contributed by atoms with Crippen molar-refractivity contribution in [2.75, 3.05) is 16.6 Å². The van der Waals surface area contributed by atoms with Crippen LogP contribution in [0.4, 0.5) is 5.69 Å². The molecule has 0 spiro atoms. The zero-order valence-electron chi connectivity index (χ0n) is 9.23. The lowest BCUT2D eigenvalue weighted by Crippen LogP contribution is -2.29. The van der Waals surface area contributed by atoms with Crippen molar-refractivity contribution >= 4 is 37.6 Å². The minimum Gasteiger partial charge on any atom is -0.293 e. The van der Waals surface area contributed by atoms with Crippen LogP contribution in [0.15, 0.2) is 24.3 Å². The molecule has 0 fully saturated rings. The number of Topliss-reactive ketones (excluding diaryl/α,β-unsaturated/α-hetero) is 1. The quantitative estimate of drug-likeness (QED) is 0.616. The van der Waals surface area contributed by atoms with Crippen molar-refractivity contribution < 1.29 is 13.2 Å². The number of carbonyl (C=O) groups is 1. The number of carbonyl (C=O) groups excluding carboxylic acids is 1. The Labute approximate surface area is 109 Å². The first-order valence-corrected chi connectivity index (χ1v) is 7.55. The van der Waals surface area contributed by atoms with Crippen molar-refractivity contribution in [2.24, 2.45) is 0 Å². The minimum absolute atomic E-state index is 0.0499. The van der Waals surface area contributed by atoms with E-state index in [1.807, 2.05) is 0 Å². The minimum atomic E-state index is -3.52. The van der Waals surface area contributed by atoms with Crippen LogP contribution in [0, 0.1) is 0 Å². The average Bonchev–Trinajstić information content (AvgIpc) is 2.28. The Bertz CT molecular complexity index is 485. The van der Waals surface area contributed by atoms with Gasteiger partial charge in [-0.3, -0.25) is 9.52 Å². The van der Waals surface area contributed by atoms with Gasteiger partial charge in [-0.1, -0.05) is 22.9 Å². The third-order valence-electron chi connectivity index (χ3n) is 1.91. The molecular weight excluding hydrogens is 308 g/mol. The molecule has 0 radical (unpaired) electrons. The van der Waals surface area contributed by atoms with Crippen LogP contribution in [0.3, 0.4) is 0 Å². The summed E-state index contributed by atoms with van der Waals surface area (Å²) in [6.07, 6.45) is 0. The second-order valence-corrected chi connectivity index (χ2v) is 5.30. The fourth-order valence-corrected chi connectivity index (χ4v) is 2.40. The number of rotatable bonds is 6. The van der Waals surface area contributed by atoms with Gasteiger partial charge in [-0.15, -0.1) is 0 Å². The van der Waals surface area contributed by atoms with E-state index in [0.29, 0.717) is 17.8 Å². The average molecular weight is 321 g/mol. The summed E-state index contributed by atoms with van der Waals surface area (Å²) in [5, 5.41) is 0.246. The van der Waals surface area contributed by atoms with Crippen molar-refractivity contribution in [1.29, 1.82) is 0 Å². The Balaban J connectivity index is 2.79. The van der Waals surface area contributed by atoms with Crippen LogP contribution in [-0.4, -0.2) is 26.1 Å². The van der Waals surface area contributed by atoms with E-state index in [0.717, 1.165) is 0 Å². The first-order chi connectivity index (χ1) is 7.98. The summed E-state index contributed by atoms with van der Waals surface area (Å²) in [5.74, 6) is -0.0499. The highest BCUT2D eigenvalue weighted by Crippen LogP contribution is 2.11. The van der Waals surface area contributed by atoms with Gasteiger partial charge in [-0.05, 0) is 24.3 Å². The number of alkyl halides is 1. The molecular formula is C10H13BrN2O3S. The summed E-state index contributed by atoms with van der Waals surface area (Å²) in [7, 11) is -3.52. The number of benzene rings is 1. The molecule has 0 saturated carbocycles. The maximum absolute atomic E-state index is 11.4. The predicted octanol–water partition coefficient (Wildman–Crippen LogP) is 1.53. The standard InChI is InChI=1S/C10H13BrN2O3S/c1-2-12-17(15,16)13-9-5-3-8(4-6-9)10(14)7-11/h3-6,12-13H,2,7H2,1H3. The Kier molecular flexibility index (Phi) is 5.10. The van der Waals surface area contributed by atoms with E-state index in [4.69, 9.17) is 0 Å². The third kappa shape index (κ3) is 4.45. The summed E-state index contributed by atoms with van der Waals surface area (Å²) in [5.41, 5.74) is 0.949.